The van der Waals surface area contributed by atoms with E-state index in [0.717, 1.165) is 12.8 Å². The Bertz CT molecular complexity index is 679. The molecule has 2 aliphatic rings. The zero-order valence-electron chi connectivity index (χ0n) is 16.7. The SMILES string of the molecule is CCOC(=O)N1CCC(C(=O)Nc2ccc(OC)c(OC3CCCC3)c2)CC1. The van der Waals surface area contributed by atoms with E-state index >= 15 is 0 Å². The summed E-state index contributed by atoms with van der Waals surface area (Å²) in [6, 6.07) is 5.48. The molecule has 1 heterocycles. The van der Waals surface area contributed by atoms with Crippen molar-refractivity contribution in [2.45, 2.75) is 51.6 Å². The number of amides is 2. The van der Waals surface area contributed by atoms with Gasteiger partial charge in [0.15, 0.2) is 11.5 Å². The lowest BCUT2D eigenvalue weighted by Gasteiger charge is -2.30. The topological polar surface area (TPSA) is 77.1 Å². The molecule has 1 saturated heterocycles. The van der Waals surface area contributed by atoms with Crippen LogP contribution in [0, 0.1) is 5.92 Å². The third-order valence-corrected chi connectivity index (χ3v) is 5.42. The third-order valence-electron chi connectivity index (χ3n) is 5.42. The molecule has 0 spiro atoms. The summed E-state index contributed by atoms with van der Waals surface area (Å²) >= 11 is 0. The monoisotopic (exact) mass is 390 g/mol. The van der Waals surface area contributed by atoms with Gasteiger partial charge in [-0.3, -0.25) is 4.79 Å². The number of carbonyl (C=O) groups excluding carboxylic acids is 2. The number of benzene rings is 1. The molecule has 1 N–H and O–H groups in total. The predicted molar refractivity (Wildman–Crippen MR) is 106 cm³/mol. The highest BCUT2D eigenvalue weighted by Crippen LogP contribution is 2.34. The van der Waals surface area contributed by atoms with Crippen LogP contribution in [0.1, 0.15) is 45.4 Å². The van der Waals surface area contributed by atoms with E-state index in [1.807, 2.05) is 18.2 Å². The van der Waals surface area contributed by atoms with Crippen LogP contribution in [0.4, 0.5) is 10.5 Å². The normalized spacial score (nSPS) is 18.0. The van der Waals surface area contributed by atoms with E-state index in [9.17, 15) is 9.59 Å². The lowest BCUT2D eigenvalue weighted by Crippen LogP contribution is -2.41. The van der Waals surface area contributed by atoms with E-state index in [2.05, 4.69) is 5.32 Å². The molecule has 0 radical (unpaired) electrons. The van der Waals surface area contributed by atoms with Crippen LogP contribution in [0.5, 0.6) is 11.5 Å². The molecular weight excluding hydrogens is 360 g/mol. The van der Waals surface area contributed by atoms with Crippen LogP contribution in [0.15, 0.2) is 18.2 Å². The average Bonchev–Trinajstić information content (AvgIpc) is 3.21. The first-order valence-electron chi connectivity index (χ1n) is 10.2. The van der Waals surface area contributed by atoms with Gasteiger partial charge in [0.25, 0.3) is 0 Å². The van der Waals surface area contributed by atoms with Gasteiger partial charge in [-0.1, -0.05) is 0 Å². The summed E-state index contributed by atoms with van der Waals surface area (Å²) in [4.78, 5) is 26.1. The summed E-state index contributed by atoms with van der Waals surface area (Å²) in [6.07, 6.45) is 5.66. The van der Waals surface area contributed by atoms with Crippen molar-refractivity contribution >= 4 is 17.7 Å². The summed E-state index contributed by atoms with van der Waals surface area (Å²) in [6.45, 7) is 3.23. The maximum Gasteiger partial charge on any atom is 0.409 e. The maximum absolute atomic E-state index is 12.7. The van der Waals surface area contributed by atoms with Gasteiger partial charge in [-0.2, -0.15) is 0 Å². The van der Waals surface area contributed by atoms with Crippen LogP contribution in [-0.2, 0) is 9.53 Å². The van der Waals surface area contributed by atoms with Crippen molar-refractivity contribution in [3.05, 3.63) is 18.2 Å². The Hall–Kier alpha value is -2.44. The second-order valence-corrected chi connectivity index (χ2v) is 7.34. The Labute approximate surface area is 166 Å². The van der Waals surface area contributed by atoms with Gasteiger partial charge in [0.2, 0.25) is 5.91 Å². The molecule has 1 aromatic carbocycles. The van der Waals surface area contributed by atoms with E-state index in [1.165, 1.54) is 12.8 Å². The zero-order chi connectivity index (χ0) is 19.9. The second kappa shape index (κ2) is 9.66. The van der Waals surface area contributed by atoms with Crippen LogP contribution >= 0.6 is 0 Å². The molecule has 2 amide bonds. The molecule has 1 aliphatic heterocycles. The number of rotatable bonds is 6. The van der Waals surface area contributed by atoms with Crippen molar-refractivity contribution < 1.29 is 23.8 Å². The summed E-state index contributed by atoms with van der Waals surface area (Å²) in [5.74, 6) is 1.20. The number of piperidine rings is 1. The van der Waals surface area contributed by atoms with E-state index in [-0.39, 0.29) is 24.0 Å². The van der Waals surface area contributed by atoms with Crippen molar-refractivity contribution in [1.82, 2.24) is 4.90 Å². The molecule has 0 aromatic heterocycles. The number of carbonyl (C=O) groups is 2. The molecule has 3 rings (SSSR count). The molecule has 1 saturated carbocycles. The van der Waals surface area contributed by atoms with Crippen LogP contribution in [0.3, 0.4) is 0 Å². The molecule has 7 heteroatoms. The second-order valence-electron chi connectivity index (χ2n) is 7.34. The van der Waals surface area contributed by atoms with Crippen LogP contribution in [-0.4, -0.2) is 49.8 Å². The smallest absolute Gasteiger partial charge is 0.409 e. The van der Waals surface area contributed by atoms with Crippen molar-refractivity contribution in [1.29, 1.82) is 0 Å². The van der Waals surface area contributed by atoms with E-state index in [0.29, 0.717) is 49.7 Å². The fourth-order valence-corrected chi connectivity index (χ4v) is 3.82. The zero-order valence-corrected chi connectivity index (χ0v) is 16.7. The van der Waals surface area contributed by atoms with Gasteiger partial charge in [0.05, 0.1) is 19.8 Å². The number of anilines is 1. The van der Waals surface area contributed by atoms with Crippen LogP contribution in [0.2, 0.25) is 0 Å². The van der Waals surface area contributed by atoms with Gasteiger partial charge in [-0.05, 0) is 57.6 Å². The van der Waals surface area contributed by atoms with E-state index in [4.69, 9.17) is 14.2 Å². The Morgan fingerprint density at radius 1 is 1.11 bits per heavy atom. The first-order chi connectivity index (χ1) is 13.6. The number of nitrogens with one attached hydrogen (secondary N) is 1. The Morgan fingerprint density at radius 2 is 1.82 bits per heavy atom. The predicted octanol–water partition coefficient (Wildman–Crippen LogP) is 3.82. The fraction of sp³-hybridized carbons (Fsp3) is 0.619. The van der Waals surface area contributed by atoms with Gasteiger partial charge in [0.1, 0.15) is 0 Å². The van der Waals surface area contributed by atoms with Gasteiger partial charge in [0, 0.05) is 30.8 Å². The quantitative estimate of drug-likeness (QED) is 0.799. The highest BCUT2D eigenvalue weighted by atomic mass is 16.6. The highest BCUT2D eigenvalue weighted by Gasteiger charge is 2.28. The fourth-order valence-electron chi connectivity index (χ4n) is 3.82. The summed E-state index contributed by atoms with van der Waals surface area (Å²) in [5, 5.41) is 2.99. The molecule has 7 nitrogen and oxygen atoms in total. The largest absolute Gasteiger partial charge is 0.493 e. The van der Waals surface area contributed by atoms with E-state index < -0.39 is 0 Å². The van der Waals surface area contributed by atoms with Gasteiger partial charge < -0.3 is 24.4 Å². The van der Waals surface area contributed by atoms with Gasteiger partial charge >= 0.3 is 6.09 Å². The lowest BCUT2D eigenvalue weighted by molar-refractivity contribution is -0.121. The van der Waals surface area contributed by atoms with Crippen LogP contribution in [0.25, 0.3) is 0 Å². The molecule has 0 unspecified atom stereocenters. The Balaban J connectivity index is 1.57. The lowest BCUT2D eigenvalue weighted by atomic mass is 9.96. The molecule has 0 atom stereocenters. The minimum absolute atomic E-state index is 0.0273. The maximum atomic E-state index is 12.7. The van der Waals surface area contributed by atoms with E-state index in [1.54, 1.807) is 18.9 Å². The standard InChI is InChI=1S/C21H30N2O5/c1-3-27-21(25)23-12-10-15(11-13-23)20(24)22-16-8-9-18(26-2)19(14-16)28-17-6-4-5-7-17/h8-9,14-15,17H,3-7,10-13H2,1-2H3,(H,22,24). The molecule has 0 bridgehead atoms. The number of likely N-dealkylation sites (tertiary alicyclic amines) is 1. The molecule has 28 heavy (non-hydrogen) atoms. The number of nitrogens with zero attached hydrogens (tertiary/aromatic N) is 1. The first kappa shape index (κ1) is 20.3. The molecular formula is C21H30N2O5. The number of ether oxygens (including phenoxy) is 3. The Kier molecular flexibility index (Phi) is 7.01. The van der Waals surface area contributed by atoms with Crippen molar-refractivity contribution in [3.8, 4) is 11.5 Å². The summed E-state index contributed by atoms with van der Waals surface area (Å²) in [7, 11) is 1.62. The Morgan fingerprint density at radius 3 is 2.46 bits per heavy atom. The number of methoxy groups -OCH3 is 1. The van der Waals surface area contributed by atoms with Crippen molar-refractivity contribution in [3.63, 3.8) is 0 Å². The number of hydrogen-bond acceptors (Lipinski definition) is 5. The minimum atomic E-state index is -0.301. The average molecular weight is 390 g/mol. The van der Waals surface area contributed by atoms with Gasteiger partial charge in [-0.15, -0.1) is 0 Å². The summed E-state index contributed by atoms with van der Waals surface area (Å²) < 4.78 is 16.5. The molecule has 154 valence electrons. The van der Waals surface area contributed by atoms with Crippen molar-refractivity contribution in [2.75, 3.05) is 32.1 Å². The summed E-state index contributed by atoms with van der Waals surface area (Å²) in [5.41, 5.74) is 0.701. The molecule has 2 fully saturated rings. The van der Waals surface area contributed by atoms with Gasteiger partial charge in [-0.25, -0.2) is 4.79 Å². The first-order valence-corrected chi connectivity index (χ1v) is 10.2. The minimum Gasteiger partial charge on any atom is -0.493 e. The molecule has 1 aromatic rings. The third kappa shape index (κ3) is 5.09. The number of hydrogen-bond donors (Lipinski definition) is 1. The van der Waals surface area contributed by atoms with Crippen molar-refractivity contribution in [2.24, 2.45) is 5.92 Å². The van der Waals surface area contributed by atoms with Crippen LogP contribution < -0.4 is 14.8 Å². The molecule has 1 aliphatic carbocycles. The highest BCUT2D eigenvalue weighted by molar-refractivity contribution is 5.93.